The molecular weight excluding hydrogens is 224 g/mol. The maximum absolute atomic E-state index is 4.59. The fourth-order valence-corrected chi connectivity index (χ4v) is 2.41. The average Bonchev–Trinajstić information content (AvgIpc) is 2.39. The molecule has 0 aliphatic carbocycles. The molecule has 0 amide bonds. The van der Waals surface area contributed by atoms with Crippen LogP contribution in [0, 0.1) is 0 Å². The first-order chi connectivity index (χ1) is 8.34. The van der Waals surface area contributed by atoms with Gasteiger partial charge in [0.2, 0.25) is 0 Å². The molecule has 3 aromatic rings. The van der Waals surface area contributed by atoms with E-state index in [1.807, 2.05) is 6.07 Å². The van der Waals surface area contributed by atoms with Gasteiger partial charge >= 0.3 is 0 Å². The molecule has 3 aromatic carbocycles. The lowest BCUT2D eigenvalue weighted by Crippen LogP contribution is -1.81. The molecule has 0 aromatic heterocycles. The van der Waals surface area contributed by atoms with Crippen molar-refractivity contribution in [1.82, 2.24) is 0 Å². The normalized spacial score (nSPS) is 10.6. The quantitative estimate of drug-likeness (QED) is 0.577. The highest BCUT2D eigenvalue weighted by Gasteiger charge is 2.03. The second-order valence-electron chi connectivity index (χ2n) is 4.08. The van der Waals surface area contributed by atoms with Crippen molar-refractivity contribution in [2.75, 3.05) is 0 Å². The summed E-state index contributed by atoms with van der Waals surface area (Å²) < 4.78 is 0. The molecule has 3 rings (SSSR count). The lowest BCUT2D eigenvalue weighted by atomic mass is 10.0. The molecule has 0 atom stereocenters. The zero-order valence-corrected chi connectivity index (χ0v) is 10.2. The van der Waals surface area contributed by atoms with Crippen LogP contribution in [0.1, 0.15) is 0 Å². The van der Waals surface area contributed by atoms with E-state index in [0.29, 0.717) is 0 Å². The summed E-state index contributed by atoms with van der Waals surface area (Å²) in [5.74, 6) is 0. The minimum absolute atomic E-state index is 1.02. The van der Waals surface area contributed by atoms with Gasteiger partial charge in [-0.15, -0.1) is 12.6 Å². The Balaban J connectivity index is 2.27. The van der Waals surface area contributed by atoms with Gasteiger partial charge in [0.05, 0.1) is 0 Å². The minimum atomic E-state index is 1.02. The van der Waals surface area contributed by atoms with Gasteiger partial charge in [-0.2, -0.15) is 0 Å². The lowest BCUT2D eigenvalue weighted by Gasteiger charge is -2.07. The van der Waals surface area contributed by atoms with Crippen LogP contribution in [-0.2, 0) is 0 Å². The van der Waals surface area contributed by atoms with Crippen molar-refractivity contribution in [2.24, 2.45) is 0 Å². The first kappa shape index (κ1) is 10.4. The van der Waals surface area contributed by atoms with Crippen molar-refractivity contribution in [3.05, 3.63) is 66.7 Å². The van der Waals surface area contributed by atoms with Gasteiger partial charge in [0, 0.05) is 4.90 Å². The summed E-state index contributed by atoms with van der Waals surface area (Å²) in [7, 11) is 0. The van der Waals surface area contributed by atoms with Crippen LogP contribution < -0.4 is 0 Å². The van der Waals surface area contributed by atoms with E-state index in [0.717, 1.165) is 4.90 Å². The Kier molecular flexibility index (Phi) is 2.62. The highest BCUT2D eigenvalue weighted by Crippen LogP contribution is 2.30. The summed E-state index contributed by atoms with van der Waals surface area (Å²) in [4.78, 5) is 1.02. The van der Waals surface area contributed by atoms with Gasteiger partial charge in [0.15, 0.2) is 0 Å². The summed E-state index contributed by atoms with van der Waals surface area (Å²) >= 11 is 4.59. The van der Waals surface area contributed by atoms with Crippen molar-refractivity contribution in [1.29, 1.82) is 0 Å². The molecule has 0 saturated heterocycles. The summed E-state index contributed by atoms with van der Waals surface area (Å²) in [6, 6.07) is 23.1. The van der Waals surface area contributed by atoms with Crippen LogP contribution >= 0.6 is 12.6 Å². The molecule has 0 radical (unpaired) electrons. The lowest BCUT2D eigenvalue weighted by molar-refractivity contribution is 1.49. The minimum Gasteiger partial charge on any atom is -0.143 e. The van der Waals surface area contributed by atoms with Gasteiger partial charge in [-0.25, -0.2) is 0 Å². The number of hydrogen-bond donors (Lipinski definition) is 1. The molecule has 1 heteroatoms. The van der Waals surface area contributed by atoms with Crippen LogP contribution in [0.2, 0.25) is 0 Å². The molecule has 0 unspecified atom stereocenters. The Labute approximate surface area is 106 Å². The molecule has 0 saturated carbocycles. The maximum atomic E-state index is 4.59. The molecule has 0 spiro atoms. The van der Waals surface area contributed by atoms with E-state index in [4.69, 9.17) is 0 Å². The van der Waals surface area contributed by atoms with Crippen molar-refractivity contribution in [3.63, 3.8) is 0 Å². The van der Waals surface area contributed by atoms with Gasteiger partial charge in [-0.3, -0.25) is 0 Å². The van der Waals surface area contributed by atoms with E-state index in [2.05, 4.69) is 73.3 Å². The van der Waals surface area contributed by atoms with E-state index >= 15 is 0 Å². The van der Waals surface area contributed by atoms with Gasteiger partial charge in [0.25, 0.3) is 0 Å². The maximum Gasteiger partial charge on any atom is 0.0125 e. The Morgan fingerprint density at radius 3 is 1.94 bits per heavy atom. The first-order valence-electron chi connectivity index (χ1n) is 5.62. The van der Waals surface area contributed by atoms with Gasteiger partial charge in [-0.05, 0) is 34.0 Å². The SMILES string of the molecule is Sc1cc2ccccc2cc1-c1ccccc1. The van der Waals surface area contributed by atoms with Crippen molar-refractivity contribution < 1.29 is 0 Å². The van der Waals surface area contributed by atoms with E-state index < -0.39 is 0 Å². The predicted molar refractivity (Wildman–Crippen MR) is 76.6 cm³/mol. The van der Waals surface area contributed by atoms with Crippen LogP contribution in [0.15, 0.2) is 71.6 Å². The van der Waals surface area contributed by atoms with E-state index in [-0.39, 0.29) is 0 Å². The molecule has 0 aliphatic rings. The standard InChI is InChI=1S/C16H12S/c17-16-11-14-9-5-4-8-13(14)10-15(16)12-6-2-1-3-7-12/h1-11,17H. The summed E-state index contributed by atoms with van der Waals surface area (Å²) in [6.45, 7) is 0. The molecule has 0 nitrogen and oxygen atoms in total. The molecule has 0 heterocycles. The number of benzene rings is 3. The van der Waals surface area contributed by atoms with E-state index in [1.54, 1.807) is 0 Å². The Bertz CT molecular complexity index is 657. The third-order valence-electron chi connectivity index (χ3n) is 2.95. The zero-order valence-electron chi connectivity index (χ0n) is 9.30. The number of fused-ring (bicyclic) bond motifs is 1. The smallest absolute Gasteiger partial charge is 0.0125 e. The number of rotatable bonds is 1. The first-order valence-corrected chi connectivity index (χ1v) is 6.06. The van der Waals surface area contributed by atoms with Gasteiger partial charge < -0.3 is 0 Å². The molecule has 0 fully saturated rings. The zero-order chi connectivity index (χ0) is 11.7. The average molecular weight is 236 g/mol. The highest BCUT2D eigenvalue weighted by atomic mass is 32.1. The van der Waals surface area contributed by atoms with E-state index in [9.17, 15) is 0 Å². The topological polar surface area (TPSA) is 0 Å². The summed E-state index contributed by atoms with van der Waals surface area (Å²) in [6.07, 6.45) is 0. The Morgan fingerprint density at radius 1 is 0.647 bits per heavy atom. The Morgan fingerprint density at radius 2 is 1.24 bits per heavy atom. The Hall–Kier alpha value is -1.73. The second-order valence-corrected chi connectivity index (χ2v) is 4.56. The fourth-order valence-electron chi connectivity index (χ4n) is 2.08. The van der Waals surface area contributed by atoms with Crippen LogP contribution in [0.25, 0.3) is 21.9 Å². The van der Waals surface area contributed by atoms with Gasteiger partial charge in [0.1, 0.15) is 0 Å². The summed E-state index contributed by atoms with van der Waals surface area (Å²) in [5, 5.41) is 2.49. The molecule has 0 bridgehead atoms. The van der Waals surface area contributed by atoms with Crippen LogP contribution in [-0.4, -0.2) is 0 Å². The van der Waals surface area contributed by atoms with Crippen LogP contribution in [0.4, 0.5) is 0 Å². The number of thiol groups is 1. The largest absolute Gasteiger partial charge is 0.143 e. The summed E-state index contributed by atoms with van der Waals surface area (Å²) in [5.41, 5.74) is 2.40. The third kappa shape index (κ3) is 1.94. The van der Waals surface area contributed by atoms with Crippen LogP contribution in [0.3, 0.4) is 0 Å². The van der Waals surface area contributed by atoms with Crippen molar-refractivity contribution >= 4 is 23.4 Å². The van der Waals surface area contributed by atoms with E-state index in [1.165, 1.54) is 21.9 Å². The van der Waals surface area contributed by atoms with Gasteiger partial charge in [-0.1, -0.05) is 54.6 Å². The fraction of sp³-hybridized carbons (Fsp3) is 0. The highest BCUT2D eigenvalue weighted by molar-refractivity contribution is 7.80. The molecule has 0 aliphatic heterocycles. The second kappa shape index (κ2) is 4.27. The third-order valence-corrected chi connectivity index (χ3v) is 3.32. The molecule has 17 heavy (non-hydrogen) atoms. The van der Waals surface area contributed by atoms with Crippen LogP contribution in [0.5, 0.6) is 0 Å². The monoisotopic (exact) mass is 236 g/mol. The molecule has 0 N–H and O–H groups in total. The number of hydrogen-bond acceptors (Lipinski definition) is 1. The predicted octanol–water partition coefficient (Wildman–Crippen LogP) is 4.80. The van der Waals surface area contributed by atoms with Crippen molar-refractivity contribution in [3.8, 4) is 11.1 Å². The van der Waals surface area contributed by atoms with Crippen molar-refractivity contribution in [2.45, 2.75) is 4.90 Å². The molecular formula is C16H12S. The molecule has 82 valence electrons.